The highest BCUT2D eigenvalue weighted by molar-refractivity contribution is 6.12. The van der Waals surface area contributed by atoms with Crippen LogP contribution in [0.2, 0.25) is 0 Å². The number of carbonyl (C=O) groups is 1. The Hall–Kier alpha value is -2.03. The SMILES string of the molecule is C=C1CCC(=Cc2ccc(OC)c(OC)c2)C1=O. The van der Waals surface area contributed by atoms with Gasteiger partial charge in [0.05, 0.1) is 14.2 Å². The molecule has 0 amide bonds. The minimum absolute atomic E-state index is 0.0739. The fourth-order valence-electron chi connectivity index (χ4n) is 2.02. The molecule has 1 aliphatic carbocycles. The van der Waals surface area contributed by atoms with Crippen LogP contribution in [0.4, 0.5) is 0 Å². The maximum absolute atomic E-state index is 11.8. The lowest BCUT2D eigenvalue weighted by Crippen LogP contribution is -1.94. The van der Waals surface area contributed by atoms with E-state index in [0.717, 1.165) is 24.0 Å². The molecule has 0 radical (unpaired) electrons. The van der Waals surface area contributed by atoms with E-state index in [1.165, 1.54) is 0 Å². The molecule has 0 spiro atoms. The lowest BCUT2D eigenvalue weighted by Gasteiger charge is -2.08. The van der Waals surface area contributed by atoms with Gasteiger partial charge in [0.1, 0.15) is 0 Å². The number of benzene rings is 1. The molecule has 0 aliphatic heterocycles. The van der Waals surface area contributed by atoms with Gasteiger partial charge in [0, 0.05) is 5.57 Å². The molecule has 1 fully saturated rings. The van der Waals surface area contributed by atoms with E-state index in [0.29, 0.717) is 17.1 Å². The number of ether oxygens (including phenoxy) is 2. The van der Waals surface area contributed by atoms with Crippen LogP contribution in [-0.4, -0.2) is 20.0 Å². The zero-order chi connectivity index (χ0) is 13.1. The van der Waals surface area contributed by atoms with Crippen LogP contribution in [0.25, 0.3) is 6.08 Å². The molecule has 3 heteroatoms. The molecule has 0 saturated heterocycles. The molecule has 1 aromatic rings. The van der Waals surface area contributed by atoms with Crippen LogP contribution in [0, 0.1) is 0 Å². The minimum Gasteiger partial charge on any atom is -0.493 e. The van der Waals surface area contributed by atoms with Crippen molar-refractivity contribution in [1.29, 1.82) is 0 Å². The summed E-state index contributed by atoms with van der Waals surface area (Å²) in [5.74, 6) is 1.42. The Morgan fingerprint density at radius 1 is 1.17 bits per heavy atom. The molecule has 0 unspecified atom stereocenters. The normalized spacial score (nSPS) is 17.3. The number of hydrogen-bond acceptors (Lipinski definition) is 3. The summed E-state index contributed by atoms with van der Waals surface area (Å²) in [4.78, 5) is 11.8. The molecular weight excluding hydrogens is 228 g/mol. The first-order chi connectivity index (χ1) is 8.65. The molecule has 94 valence electrons. The Morgan fingerprint density at radius 2 is 1.89 bits per heavy atom. The lowest BCUT2D eigenvalue weighted by molar-refractivity contribution is -0.111. The quantitative estimate of drug-likeness (QED) is 0.767. The minimum atomic E-state index is 0.0739. The average molecular weight is 244 g/mol. The van der Waals surface area contributed by atoms with Gasteiger partial charge in [0.25, 0.3) is 0 Å². The van der Waals surface area contributed by atoms with Crippen molar-refractivity contribution in [3.8, 4) is 11.5 Å². The summed E-state index contributed by atoms with van der Waals surface area (Å²) in [6.07, 6.45) is 3.42. The van der Waals surface area contributed by atoms with E-state index in [1.54, 1.807) is 14.2 Å². The van der Waals surface area contributed by atoms with Crippen molar-refractivity contribution in [3.05, 3.63) is 41.5 Å². The summed E-state index contributed by atoms with van der Waals surface area (Å²) in [6, 6.07) is 5.60. The second-order valence-electron chi connectivity index (χ2n) is 4.22. The predicted molar refractivity (Wildman–Crippen MR) is 70.9 cm³/mol. The highest BCUT2D eigenvalue weighted by Gasteiger charge is 2.20. The van der Waals surface area contributed by atoms with Crippen molar-refractivity contribution >= 4 is 11.9 Å². The van der Waals surface area contributed by atoms with Gasteiger partial charge >= 0.3 is 0 Å². The highest BCUT2D eigenvalue weighted by Crippen LogP contribution is 2.31. The van der Waals surface area contributed by atoms with Crippen LogP contribution in [-0.2, 0) is 4.79 Å². The van der Waals surface area contributed by atoms with Crippen molar-refractivity contribution in [2.24, 2.45) is 0 Å². The van der Waals surface area contributed by atoms with Crippen LogP contribution in [0.5, 0.6) is 11.5 Å². The van der Waals surface area contributed by atoms with Crippen molar-refractivity contribution in [2.75, 3.05) is 14.2 Å². The van der Waals surface area contributed by atoms with Gasteiger partial charge in [-0.25, -0.2) is 0 Å². The van der Waals surface area contributed by atoms with E-state index in [4.69, 9.17) is 9.47 Å². The molecular formula is C15H16O3. The second-order valence-corrected chi connectivity index (χ2v) is 4.22. The van der Waals surface area contributed by atoms with Gasteiger partial charge in [-0.3, -0.25) is 4.79 Å². The van der Waals surface area contributed by atoms with Crippen molar-refractivity contribution in [3.63, 3.8) is 0 Å². The van der Waals surface area contributed by atoms with Gasteiger partial charge in [-0.05, 0) is 42.2 Å². The molecule has 1 aromatic carbocycles. The third-order valence-electron chi connectivity index (χ3n) is 3.06. The summed E-state index contributed by atoms with van der Waals surface area (Å²) in [5.41, 5.74) is 2.44. The largest absolute Gasteiger partial charge is 0.493 e. The molecule has 0 atom stereocenters. The zero-order valence-electron chi connectivity index (χ0n) is 10.7. The smallest absolute Gasteiger partial charge is 0.184 e. The van der Waals surface area contributed by atoms with Crippen LogP contribution >= 0.6 is 0 Å². The Labute approximate surface area is 107 Å². The maximum Gasteiger partial charge on any atom is 0.184 e. The van der Waals surface area contributed by atoms with Gasteiger partial charge in [-0.2, -0.15) is 0 Å². The van der Waals surface area contributed by atoms with E-state index in [9.17, 15) is 4.79 Å². The maximum atomic E-state index is 11.8. The first kappa shape index (κ1) is 12.4. The van der Waals surface area contributed by atoms with Crippen molar-refractivity contribution in [2.45, 2.75) is 12.8 Å². The number of allylic oxidation sites excluding steroid dienone is 2. The van der Waals surface area contributed by atoms with Crippen molar-refractivity contribution in [1.82, 2.24) is 0 Å². The molecule has 0 aromatic heterocycles. The number of ketones is 1. The first-order valence-electron chi connectivity index (χ1n) is 5.80. The standard InChI is InChI=1S/C15H16O3/c1-10-4-6-12(15(10)16)8-11-5-7-13(17-2)14(9-11)18-3/h5,7-9H,1,4,6H2,2-3H3. The van der Waals surface area contributed by atoms with Gasteiger partial charge in [-0.1, -0.05) is 12.6 Å². The van der Waals surface area contributed by atoms with Crippen LogP contribution in [0.3, 0.4) is 0 Å². The highest BCUT2D eigenvalue weighted by atomic mass is 16.5. The Balaban J connectivity index is 2.33. The zero-order valence-corrected chi connectivity index (χ0v) is 10.7. The van der Waals surface area contributed by atoms with Crippen molar-refractivity contribution < 1.29 is 14.3 Å². The fraction of sp³-hybridized carbons (Fsp3) is 0.267. The summed E-state index contributed by atoms with van der Waals surface area (Å²) >= 11 is 0. The molecule has 2 rings (SSSR count). The molecule has 3 nitrogen and oxygen atoms in total. The summed E-state index contributed by atoms with van der Waals surface area (Å²) < 4.78 is 10.4. The average Bonchev–Trinajstić information content (AvgIpc) is 2.70. The summed E-state index contributed by atoms with van der Waals surface area (Å²) in [7, 11) is 3.19. The van der Waals surface area contributed by atoms with E-state index in [2.05, 4.69) is 6.58 Å². The number of Topliss-reactive ketones (excluding diaryl/α,β-unsaturated/α-hetero) is 1. The molecule has 0 N–H and O–H groups in total. The number of carbonyl (C=O) groups excluding carboxylic acids is 1. The second kappa shape index (κ2) is 5.08. The van der Waals surface area contributed by atoms with Crippen LogP contribution < -0.4 is 9.47 Å². The Kier molecular flexibility index (Phi) is 3.51. The molecule has 0 bridgehead atoms. The lowest BCUT2D eigenvalue weighted by atomic mass is 10.1. The van der Waals surface area contributed by atoms with Gasteiger partial charge in [-0.15, -0.1) is 0 Å². The third kappa shape index (κ3) is 2.30. The number of methoxy groups -OCH3 is 2. The monoisotopic (exact) mass is 244 g/mol. The predicted octanol–water partition coefficient (Wildman–Crippen LogP) is 3.01. The summed E-state index contributed by atoms with van der Waals surface area (Å²) in [6.45, 7) is 3.75. The fourth-order valence-corrected chi connectivity index (χ4v) is 2.02. The van der Waals surface area contributed by atoms with Gasteiger partial charge < -0.3 is 9.47 Å². The molecule has 1 saturated carbocycles. The molecule has 18 heavy (non-hydrogen) atoms. The van der Waals surface area contributed by atoms with Crippen LogP contribution in [0.1, 0.15) is 18.4 Å². The number of rotatable bonds is 3. The number of hydrogen-bond donors (Lipinski definition) is 0. The summed E-state index contributed by atoms with van der Waals surface area (Å²) in [5, 5.41) is 0. The Morgan fingerprint density at radius 3 is 2.44 bits per heavy atom. The van der Waals surface area contributed by atoms with Gasteiger partial charge in [0.15, 0.2) is 17.3 Å². The van der Waals surface area contributed by atoms with Gasteiger partial charge in [0.2, 0.25) is 0 Å². The first-order valence-corrected chi connectivity index (χ1v) is 5.80. The molecule has 1 aliphatic rings. The molecule has 0 heterocycles. The third-order valence-corrected chi connectivity index (χ3v) is 3.06. The van der Waals surface area contributed by atoms with E-state index in [-0.39, 0.29) is 5.78 Å². The van der Waals surface area contributed by atoms with E-state index >= 15 is 0 Å². The Bertz CT molecular complexity index is 527. The van der Waals surface area contributed by atoms with E-state index in [1.807, 2.05) is 24.3 Å². The van der Waals surface area contributed by atoms with Crippen LogP contribution in [0.15, 0.2) is 35.9 Å². The topological polar surface area (TPSA) is 35.5 Å². The van der Waals surface area contributed by atoms with E-state index < -0.39 is 0 Å².